The molecule has 0 aromatic heterocycles. The molecule has 2 amide bonds. The number of esters is 1. The van der Waals surface area contributed by atoms with Gasteiger partial charge in [-0.2, -0.15) is 0 Å². The number of allylic oxidation sites excluding steroid dienone is 4. The number of hydrogen-bond acceptors (Lipinski definition) is 6. The zero-order valence-electron chi connectivity index (χ0n) is 16.0. The molecule has 8 heteroatoms. The largest absolute Gasteiger partial charge is 1.00 e. The summed E-state index contributed by atoms with van der Waals surface area (Å²) in [4.78, 5) is 48.7. The Bertz CT molecular complexity index is 502. The number of hydrogen-bond donors (Lipinski definition) is 0. The van der Waals surface area contributed by atoms with Gasteiger partial charge in [0, 0.05) is 25.2 Å². The van der Waals surface area contributed by atoms with E-state index in [-0.39, 0.29) is 49.0 Å². The molecule has 0 bridgehead atoms. The van der Waals surface area contributed by atoms with E-state index < -0.39 is 36.2 Å². The molecule has 1 unspecified atom stereocenters. The summed E-state index contributed by atoms with van der Waals surface area (Å²) in [6, 6.07) is -1.51. The topological polar surface area (TPSA) is 104 Å². The van der Waals surface area contributed by atoms with Gasteiger partial charge in [0.25, 0.3) is 0 Å². The standard InChI is InChI=1S/C18H27NO6.Na/c1-4-7-9-11-15(20)19(16(21)12-10-8-5-2)14(13-17(22)23)18(24)25-6-3;/h4-5,7-8,14H,6,9-13H2,1-3H3,(H,22,23);/q;+1/p-1/b7-4+,8-5+;. The van der Waals surface area contributed by atoms with Gasteiger partial charge < -0.3 is 14.6 Å². The number of aliphatic carboxylic acids is 1. The van der Waals surface area contributed by atoms with Crippen LogP contribution < -0.4 is 34.7 Å². The van der Waals surface area contributed by atoms with Crippen LogP contribution in [-0.4, -0.2) is 41.3 Å². The van der Waals surface area contributed by atoms with Crippen LogP contribution in [0.5, 0.6) is 0 Å². The van der Waals surface area contributed by atoms with Crippen molar-refractivity contribution in [1.82, 2.24) is 4.90 Å². The van der Waals surface area contributed by atoms with Crippen LogP contribution in [0.1, 0.15) is 52.9 Å². The van der Waals surface area contributed by atoms with Crippen molar-refractivity contribution in [1.29, 1.82) is 0 Å². The van der Waals surface area contributed by atoms with Gasteiger partial charge in [-0.1, -0.05) is 24.3 Å². The van der Waals surface area contributed by atoms with Crippen LogP contribution in [0.2, 0.25) is 0 Å². The minimum absolute atomic E-state index is 0. The van der Waals surface area contributed by atoms with Gasteiger partial charge in [0.15, 0.2) is 0 Å². The predicted octanol–water partition coefficient (Wildman–Crippen LogP) is -1.87. The SMILES string of the molecule is C/C=C/CCC(=O)N(C(=O)CC/C=C/C)C(CC(=O)[O-])C(=O)OCC.[Na+]. The third kappa shape index (κ3) is 10.5. The molecule has 0 aliphatic heterocycles. The van der Waals surface area contributed by atoms with Gasteiger partial charge in [0.2, 0.25) is 11.8 Å². The van der Waals surface area contributed by atoms with E-state index in [4.69, 9.17) is 4.74 Å². The van der Waals surface area contributed by atoms with E-state index in [9.17, 15) is 24.3 Å². The summed E-state index contributed by atoms with van der Waals surface area (Å²) in [6.45, 7) is 5.15. The van der Waals surface area contributed by atoms with Gasteiger partial charge in [0.05, 0.1) is 6.61 Å². The summed E-state index contributed by atoms with van der Waals surface area (Å²) < 4.78 is 4.83. The number of imide groups is 1. The summed E-state index contributed by atoms with van der Waals surface area (Å²) in [5.41, 5.74) is 0. The molecule has 0 heterocycles. The monoisotopic (exact) mass is 375 g/mol. The van der Waals surface area contributed by atoms with Crippen molar-refractivity contribution in [3.05, 3.63) is 24.3 Å². The zero-order chi connectivity index (χ0) is 19.2. The van der Waals surface area contributed by atoms with E-state index in [1.807, 2.05) is 0 Å². The Morgan fingerprint density at radius 2 is 1.46 bits per heavy atom. The molecule has 0 spiro atoms. The van der Waals surface area contributed by atoms with Crippen LogP contribution in [0.15, 0.2) is 24.3 Å². The quantitative estimate of drug-likeness (QED) is 0.238. The van der Waals surface area contributed by atoms with Gasteiger partial charge in [-0.25, -0.2) is 4.79 Å². The molecular weight excluding hydrogens is 349 g/mol. The molecule has 0 radical (unpaired) electrons. The fourth-order valence-corrected chi connectivity index (χ4v) is 2.15. The molecule has 26 heavy (non-hydrogen) atoms. The first-order chi connectivity index (χ1) is 11.9. The molecule has 1 atom stereocenters. The fraction of sp³-hybridized carbons (Fsp3) is 0.556. The number of carbonyl (C=O) groups excluding carboxylic acids is 4. The van der Waals surface area contributed by atoms with Gasteiger partial charge in [-0.05, 0) is 33.6 Å². The number of carboxylic acids is 1. The summed E-state index contributed by atoms with van der Waals surface area (Å²) in [5, 5.41) is 11.0. The third-order valence-electron chi connectivity index (χ3n) is 3.29. The molecule has 7 nitrogen and oxygen atoms in total. The van der Waals surface area contributed by atoms with Crippen LogP contribution in [0.3, 0.4) is 0 Å². The Balaban J connectivity index is 0. The van der Waals surface area contributed by atoms with E-state index >= 15 is 0 Å². The summed E-state index contributed by atoms with van der Waals surface area (Å²) >= 11 is 0. The van der Waals surface area contributed by atoms with Crippen LogP contribution in [0.4, 0.5) is 0 Å². The first kappa shape index (κ1) is 26.8. The number of amides is 2. The number of carbonyl (C=O) groups is 4. The van der Waals surface area contributed by atoms with Gasteiger partial charge >= 0.3 is 35.5 Å². The Morgan fingerprint density at radius 1 is 1.00 bits per heavy atom. The third-order valence-corrected chi connectivity index (χ3v) is 3.29. The summed E-state index contributed by atoms with van der Waals surface area (Å²) in [6.07, 6.45) is 6.97. The Kier molecular flexibility index (Phi) is 16.3. The number of ether oxygens (including phenoxy) is 1. The number of nitrogens with zero attached hydrogens (tertiary/aromatic N) is 1. The van der Waals surface area contributed by atoms with Crippen molar-refractivity contribution < 1.29 is 58.6 Å². The van der Waals surface area contributed by atoms with Crippen LogP contribution in [0.25, 0.3) is 0 Å². The molecule has 0 aromatic rings. The number of carboxylic acid groups (broad SMARTS) is 1. The van der Waals surface area contributed by atoms with Gasteiger partial charge in [-0.3, -0.25) is 14.5 Å². The minimum Gasteiger partial charge on any atom is -0.550 e. The van der Waals surface area contributed by atoms with Crippen molar-refractivity contribution in [2.45, 2.75) is 58.9 Å². The maximum absolute atomic E-state index is 12.5. The van der Waals surface area contributed by atoms with Crippen molar-refractivity contribution in [2.24, 2.45) is 0 Å². The van der Waals surface area contributed by atoms with Crippen LogP contribution in [-0.2, 0) is 23.9 Å². The van der Waals surface area contributed by atoms with E-state index in [1.165, 1.54) is 0 Å². The first-order valence-corrected chi connectivity index (χ1v) is 8.32. The second kappa shape index (κ2) is 15.8. The summed E-state index contributed by atoms with van der Waals surface area (Å²) in [7, 11) is 0. The molecule has 0 saturated carbocycles. The normalized spacial score (nSPS) is 11.8. The maximum atomic E-state index is 12.5. The molecular formula is C18H26NNaO6. The molecule has 0 saturated heterocycles. The Labute approximate surface area is 176 Å². The number of rotatable bonds is 11. The molecule has 0 fully saturated rings. The smallest absolute Gasteiger partial charge is 0.550 e. The fourth-order valence-electron chi connectivity index (χ4n) is 2.15. The van der Waals surface area contributed by atoms with Crippen molar-refractivity contribution in [2.75, 3.05) is 6.61 Å². The van der Waals surface area contributed by atoms with E-state index in [0.717, 1.165) is 4.90 Å². The molecule has 0 aliphatic carbocycles. The van der Waals surface area contributed by atoms with Crippen molar-refractivity contribution in [3.63, 3.8) is 0 Å². The second-order valence-electron chi connectivity index (χ2n) is 5.22. The Morgan fingerprint density at radius 3 is 1.81 bits per heavy atom. The van der Waals surface area contributed by atoms with E-state index in [0.29, 0.717) is 12.8 Å². The van der Waals surface area contributed by atoms with Crippen molar-refractivity contribution >= 4 is 23.8 Å². The van der Waals surface area contributed by atoms with Crippen LogP contribution in [0, 0.1) is 0 Å². The van der Waals surface area contributed by atoms with Gasteiger partial charge in [0.1, 0.15) is 6.04 Å². The molecule has 0 aromatic carbocycles. The molecule has 140 valence electrons. The summed E-state index contributed by atoms with van der Waals surface area (Å²) in [5.74, 6) is -3.68. The minimum atomic E-state index is -1.54. The van der Waals surface area contributed by atoms with Gasteiger partial charge in [-0.15, -0.1) is 0 Å². The second-order valence-corrected chi connectivity index (χ2v) is 5.22. The van der Waals surface area contributed by atoms with E-state index in [1.54, 1.807) is 45.1 Å². The molecule has 0 rings (SSSR count). The molecule has 0 N–H and O–H groups in total. The Hall–Kier alpha value is -1.44. The van der Waals surface area contributed by atoms with Crippen molar-refractivity contribution in [3.8, 4) is 0 Å². The van der Waals surface area contributed by atoms with E-state index in [2.05, 4.69) is 0 Å². The first-order valence-electron chi connectivity index (χ1n) is 8.32. The average Bonchev–Trinajstić information content (AvgIpc) is 2.54. The average molecular weight is 375 g/mol. The van der Waals surface area contributed by atoms with Crippen LogP contribution >= 0.6 is 0 Å². The maximum Gasteiger partial charge on any atom is 1.00 e. The predicted molar refractivity (Wildman–Crippen MR) is 90.0 cm³/mol. The molecule has 0 aliphatic rings. The zero-order valence-corrected chi connectivity index (χ0v) is 18.0.